The molecule has 33 heavy (non-hydrogen) atoms. The highest BCUT2D eigenvalue weighted by molar-refractivity contribution is 5.78. The highest BCUT2D eigenvalue weighted by atomic mass is 16.5. The fourth-order valence-corrected chi connectivity index (χ4v) is 3.93. The first-order valence-electron chi connectivity index (χ1n) is 11.7. The number of aromatic amines is 1. The molecular weight excluding hydrogens is 424 g/mol. The fraction of sp³-hybridized carbons (Fsp3) is 0.542. The van der Waals surface area contributed by atoms with Crippen LogP contribution in [0.3, 0.4) is 0 Å². The topological polar surface area (TPSA) is 114 Å². The number of rotatable bonds is 9. The largest absolute Gasteiger partial charge is 0.493 e. The second-order valence-corrected chi connectivity index (χ2v) is 8.66. The number of hydrogen-bond acceptors (Lipinski definition) is 7. The van der Waals surface area contributed by atoms with Crippen LogP contribution in [0.2, 0.25) is 0 Å². The van der Waals surface area contributed by atoms with Gasteiger partial charge >= 0.3 is 5.97 Å². The summed E-state index contributed by atoms with van der Waals surface area (Å²) < 4.78 is 10.9. The molecule has 0 bridgehead atoms. The molecule has 1 atom stereocenters. The maximum Gasteiger partial charge on any atom is 0.310 e. The lowest BCUT2D eigenvalue weighted by molar-refractivity contribution is -0.151. The summed E-state index contributed by atoms with van der Waals surface area (Å²) in [5, 5.41) is 8.23. The van der Waals surface area contributed by atoms with Crippen LogP contribution in [-0.4, -0.2) is 58.3 Å². The molecule has 9 heteroatoms. The second kappa shape index (κ2) is 10.6. The summed E-state index contributed by atoms with van der Waals surface area (Å²) in [7, 11) is 0. The van der Waals surface area contributed by atoms with E-state index in [0.29, 0.717) is 43.6 Å². The lowest BCUT2D eigenvalue weighted by Gasteiger charge is -2.31. The van der Waals surface area contributed by atoms with Gasteiger partial charge in [0.05, 0.1) is 19.1 Å². The lowest BCUT2D eigenvalue weighted by Crippen LogP contribution is -2.43. The second-order valence-electron chi connectivity index (χ2n) is 8.66. The Hall–Kier alpha value is -3.23. The summed E-state index contributed by atoms with van der Waals surface area (Å²) in [5.41, 5.74) is 0.571. The van der Waals surface area contributed by atoms with Gasteiger partial charge in [0.1, 0.15) is 11.4 Å². The summed E-state index contributed by atoms with van der Waals surface area (Å²) in [6, 6.07) is 7.40. The van der Waals surface area contributed by atoms with Crippen LogP contribution in [0.4, 0.5) is 0 Å². The standard InChI is InChI=1S/C24H30N4O5/c1-2-32-24(31)18-6-4-12-28(14-18)21(29)11-10-20-23(30)25-22(27-26-20)17-5-3-7-19(13-17)33-15-16-8-9-16/h3,5,7,13,16,18H,2,4,6,8-12,14-15H2,1H3,(H,25,27,30). The zero-order valence-corrected chi connectivity index (χ0v) is 18.9. The maximum atomic E-state index is 12.6. The van der Waals surface area contributed by atoms with Gasteiger partial charge in [0.2, 0.25) is 5.91 Å². The normalized spacial score (nSPS) is 18.1. The monoisotopic (exact) mass is 454 g/mol. The number of benzene rings is 1. The molecule has 1 N–H and O–H groups in total. The number of hydrogen-bond donors (Lipinski definition) is 1. The van der Waals surface area contributed by atoms with E-state index in [1.165, 1.54) is 12.8 Å². The number of aromatic nitrogens is 3. The summed E-state index contributed by atoms with van der Waals surface area (Å²) in [4.78, 5) is 41.6. The third-order valence-corrected chi connectivity index (χ3v) is 6.02. The molecule has 2 aliphatic rings. The van der Waals surface area contributed by atoms with Crippen molar-refractivity contribution in [3.05, 3.63) is 40.3 Å². The first-order chi connectivity index (χ1) is 16.0. The van der Waals surface area contributed by atoms with Crippen LogP contribution in [0, 0.1) is 11.8 Å². The molecule has 1 unspecified atom stereocenters. The molecule has 1 amide bonds. The minimum Gasteiger partial charge on any atom is -0.493 e. The quantitative estimate of drug-likeness (QED) is 0.579. The Morgan fingerprint density at radius 2 is 2.06 bits per heavy atom. The zero-order chi connectivity index (χ0) is 23.2. The van der Waals surface area contributed by atoms with Gasteiger partial charge in [-0.2, -0.15) is 0 Å². The van der Waals surface area contributed by atoms with Crippen LogP contribution >= 0.6 is 0 Å². The van der Waals surface area contributed by atoms with E-state index in [1.807, 2.05) is 24.3 Å². The molecule has 1 aliphatic carbocycles. The number of ether oxygens (including phenoxy) is 2. The van der Waals surface area contributed by atoms with E-state index in [-0.39, 0.29) is 41.9 Å². The molecule has 2 heterocycles. The van der Waals surface area contributed by atoms with E-state index in [9.17, 15) is 14.4 Å². The van der Waals surface area contributed by atoms with E-state index in [2.05, 4.69) is 15.2 Å². The SMILES string of the molecule is CCOC(=O)C1CCCN(C(=O)CCc2nnc(-c3cccc(OCC4CC4)c3)[nH]c2=O)C1. The van der Waals surface area contributed by atoms with Crippen LogP contribution in [-0.2, 0) is 20.7 Å². The molecular formula is C24H30N4O5. The number of likely N-dealkylation sites (tertiary alicyclic amines) is 1. The molecule has 9 nitrogen and oxygen atoms in total. The van der Waals surface area contributed by atoms with Crippen molar-refractivity contribution in [2.24, 2.45) is 11.8 Å². The van der Waals surface area contributed by atoms with Gasteiger partial charge in [-0.25, -0.2) is 0 Å². The number of aryl methyl sites for hydroxylation is 1. The Morgan fingerprint density at radius 3 is 2.82 bits per heavy atom. The van der Waals surface area contributed by atoms with E-state index in [4.69, 9.17) is 9.47 Å². The van der Waals surface area contributed by atoms with Gasteiger partial charge in [-0.05, 0) is 50.7 Å². The van der Waals surface area contributed by atoms with Crippen LogP contribution in [0.5, 0.6) is 5.75 Å². The van der Waals surface area contributed by atoms with E-state index in [1.54, 1.807) is 11.8 Å². The first kappa shape index (κ1) is 22.9. The third-order valence-electron chi connectivity index (χ3n) is 6.02. The first-order valence-corrected chi connectivity index (χ1v) is 11.7. The van der Waals surface area contributed by atoms with E-state index >= 15 is 0 Å². The van der Waals surface area contributed by atoms with Crippen molar-refractivity contribution < 1.29 is 19.1 Å². The molecule has 2 aromatic rings. The van der Waals surface area contributed by atoms with Crippen LogP contribution in [0.15, 0.2) is 29.1 Å². The average molecular weight is 455 g/mol. The highest BCUT2D eigenvalue weighted by Gasteiger charge is 2.29. The average Bonchev–Trinajstić information content (AvgIpc) is 3.67. The smallest absolute Gasteiger partial charge is 0.310 e. The molecule has 1 saturated carbocycles. The van der Waals surface area contributed by atoms with E-state index in [0.717, 1.165) is 18.6 Å². The van der Waals surface area contributed by atoms with Crippen LogP contribution in [0.25, 0.3) is 11.4 Å². The molecule has 1 aromatic carbocycles. The van der Waals surface area contributed by atoms with Crippen LogP contribution in [0.1, 0.15) is 44.7 Å². The number of nitrogens with one attached hydrogen (secondary N) is 1. The lowest BCUT2D eigenvalue weighted by atomic mass is 9.98. The van der Waals surface area contributed by atoms with Crippen molar-refractivity contribution in [3.63, 3.8) is 0 Å². The summed E-state index contributed by atoms with van der Waals surface area (Å²) >= 11 is 0. The predicted molar refractivity (Wildman–Crippen MR) is 121 cm³/mol. The summed E-state index contributed by atoms with van der Waals surface area (Å²) in [6.07, 6.45) is 4.23. The molecule has 176 valence electrons. The molecule has 4 rings (SSSR count). The Balaban J connectivity index is 1.34. The van der Waals surface area contributed by atoms with Gasteiger partial charge < -0.3 is 19.4 Å². The third kappa shape index (κ3) is 6.18. The van der Waals surface area contributed by atoms with Crippen molar-refractivity contribution in [2.75, 3.05) is 26.3 Å². The predicted octanol–water partition coefficient (Wildman–Crippen LogP) is 2.36. The van der Waals surface area contributed by atoms with Gasteiger partial charge in [0, 0.05) is 31.5 Å². The number of carbonyl (C=O) groups is 2. The number of nitrogens with zero attached hydrogens (tertiary/aromatic N) is 3. The summed E-state index contributed by atoms with van der Waals surface area (Å²) in [6.45, 7) is 3.77. The zero-order valence-electron chi connectivity index (χ0n) is 18.9. The fourth-order valence-electron chi connectivity index (χ4n) is 3.93. The molecule has 1 saturated heterocycles. The Kier molecular flexibility index (Phi) is 7.36. The number of carbonyl (C=O) groups excluding carboxylic acids is 2. The van der Waals surface area contributed by atoms with Crippen molar-refractivity contribution in [1.29, 1.82) is 0 Å². The molecule has 0 radical (unpaired) electrons. The molecule has 1 aliphatic heterocycles. The van der Waals surface area contributed by atoms with Gasteiger partial charge in [-0.3, -0.25) is 14.4 Å². The van der Waals surface area contributed by atoms with Crippen molar-refractivity contribution in [1.82, 2.24) is 20.1 Å². The Morgan fingerprint density at radius 1 is 1.21 bits per heavy atom. The number of piperidine rings is 1. The molecule has 0 spiro atoms. The van der Waals surface area contributed by atoms with Crippen molar-refractivity contribution in [3.8, 4) is 17.1 Å². The van der Waals surface area contributed by atoms with Gasteiger partial charge in [-0.15, -0.1) is 10.2 Å². The molecule has 2 fully saturated rings. The number of amides is 1. The number of H-pyrrole nitrogens is 1. The maximum absolute atomic E-state index is 12.6. The van der Waals surface area contributed by atoms with Crippen molar-refractivity contribution in [2.45, 2.75) is 45.4 Å². The Labute approximate surface area is 192 Å². The summed E-state index contributed by atoms with van der Waals surface area (Å²) in [5.74, 6) is 1.11. The van der Waals surface area contributed by atoms with E-state index < -0.39 is 0 Å². The number of esters is 1. The van der Waals surface area contributed by atoms with Gasteiger partial charge in [0.25, 0.3) is 5.56 Å². The van der Waals surface area contributed by atoms with Gasteiger partial charge in [-0.1, -0.05) is 12.1 Å². The van der Waals surface area contributed by atoms with Crippen LogP contribution < -0.4 is 10.3 Å². The molecule has 1 aromatic heterocycles. The minimum atomic E-state index is -0.361. The highest BCUT2D eigenvalue weighted by Crippen LogP contribution is 2.30. The Bertz CT molecular complexity index is 1050. The van der Waals surface area contributed by atoms with Crippen molar-refractivity contribution >= 4 is 11.9 Å². The van der Waals surface area contributed by atoms with Gasteiger partial charge in [0.15, 0.2) is 5.82 Å². The minimum absolute atomic E-state index is 0.102.